The van der Waals surface area contributed by atoms with Crippen LogP contribution in [0.1, 0.15) is 11.1 Å². The number of benzene rings is 1. The highest BCUT2D eigenvalue weighted by Crippen LogP contribution is 2.14. The molecule has 11 heteroatoms. The first-order valence-corrected chi connectivity index (χ1v) is 8.28. The molecule has 0 atom stereocenters. The minimum atomic E-state index is -0.788. The lowest BCUT2D eigenvalue weighted by Gasteiger charge is -2.33. The molecule has 0 unspecified atom stereocenters. The number of hydrogen-bond acceptors (Lipinski definition) is 6. The fourth-order valence-electron chi connectivity index (χ4n) is 2.43. The number of aromatic hydroxyl groups is 1. The first-order valence-electron chi connectivity index (χ1n) is 7.90. The maximum absolute atomic E-state index is 10.8. The van der Waals surface area contributed by atoms with Crippen molar-refractivity contribution in [2.24, 2.45) is 10.2 Å². The van der Waals surface area contributed by atoms with Crippen LogP contribution in [0.15, 0.2) is 52.8 Å². The van der Waals surface area contributed by atoms with Gasteiger partial charge in [0, 0.05) is 18.3 Å². The standard InChI is InChI=1S/C16H16ClN7O3/c17-15-6-5-12(7-18-15)9-22-10-19-16(21-24(26)27)23(11-22)20-8-13-3-1-2-4-14(13)25/h1-8,25H,9-11H2,(H,19,21)/b20-8+. The third-order valence-electron chi connectivity index (χ3n) is 3.68. The molecule has 3 rings (SSSR count). The van der Waals surface area contributed by atoms with Gasteiger partial charge < -0.3 is 10.4 Å². The van der Waals surface area contributed by atoms with E-state index >= 15 is 0 Å². The van der Waals surface area contributed by atoms with E-state index in [1.807, 2.05) is 11.0 Å². The molecule has 0 aliphatic carbocycles. The average molecular weight is 390 g/mol. The molecule has 0 radical (unpaired) electrons. The summed E-state index contributed by atoms with van der Waals surface area (Å²) in [5, 5.41) is 32.0. The van der Waals surface area contributed by atoms with Crippen LogP contribution in [0.25, 0.3) is 0 Å². The van der Waals surface area contributed by atoms with Crippen LogP contribution >= 0.6 is 11.6 Å². The summed E-state index contributed by atoms with van der Waals surface area (Å²) >= 11 is 5.79. The second kappa shape index (κ2) is 8.43. The van der Waals surface area contributed by atoms with E-state index in [9.17, 15) is 15.2 Å². The van der Waals surface area contributed by atoms with Crippen molar-refractivity contribution in [1.29, 1.82) is 0 Å². The maximum atomic E-state index is 10.8. The summed E-state index contributed by atoms with van der Waals surface area (Å²) in [5.74, 6) is 0.0697. The van der Waals surface area contributed by atoms with Gasteiger partial charge in [-0.15, -0.1) is 0 Å². The molecule has 1 aromatic carbocycles. The Labute approximate surface area is 159 Å². The van der Waals surface area contributed by atoms with E-state index in [0.717, 1.165) is 5.56 Å². The Hall–Kier alpha value is -3.24. The molecule has 0 spiro atoms. The van der Waals surface area contributed by atoms with Crippen molar-refractivity contribution < 1.29 is 10.1 Å². The Kier molecular flexibility index (Phi) is 5.79. The number of halogens is 1. The molecule has 1 aliphatic rings. The van der Waals surface area contributed by atoms with Gasteiger partial charge in [0.1, 0.15) is 16.0 Å². The molecule has 0 bridgehead atoms. The average Bonchev–Trinajstić information content (AvgIpc) is 2.64. The largest absolute Gasteiger partial charge is 0.507 e. The molecule has 0 amide bonds. The molecule has 1 aromatic heterocycles. The third kappa shape index (κ3) is 5.12. The maximum Gasteiger partial charge on any atom is 0.294 e. The number of pyridine rings is 1. The van der Waals surface area contributed by atoms with Gasteiger partial charge in [0.25, 0.3) is 5.96 Å². The minimum Gasteiger partial charge on any atom is -0.507 e. The summed E-state index contributed by atoms with van der Waals surface area (Å²) in [5.41, 5.74) is 1.41. The number of hydrogen-bond donors (Lipinski definition) is 2. The van der Waals surface area contributed by atoms with Crippen molar-refractivity contribution in [1.82, 2.24) is 20.2 Å². The van der Waals surface area contributed by atoms with E-state index in [1.165, 1.54) is 17.3 Å². The van der Waals surface area contributed by atoms with Gasteiger partial charge in [0.05, 0.1) is 19.6 Å². The lowest BCUT2D eigenvalue weighted by Crippen LogP contribution is -2.54. The Bertz CT molecular complexity index is 873. The van der Waals surface area contributed by atoms with Gasteiger partial charge in [0.15, 0.2) is 5.03 Å². The lowest BCUT2D eigenvalue weighted by atomic mass is 10.2. The molecule has 2 aromatic rings. The molecular formula is C16H16ClN7O3. The fraction of sp³-hybridized carbons (Fsp3) is 0.188. The zero-order valence-electron chi connectivity index (χ0n) is 14.1. The smallest absolute Gasteiger partial charge is 0.294 e. The number of nitro groups is 1. The SMILES string of the molecule is O=[N+]([O-])/N=C1\NCN(Cc2ccc(Cl)nc2)CN1/N=C/c1ccccc1O. The molecular weight excluding hydrogens is 374 g/mol. The topological polar surface area (TPSA) is 119 Å². The summed E-state index contributed by atoms with van der Waals surface area (Å²) in [6.45, 7) is 1.13. The molecule has 2 N–H and O–H groups in total. The molecule has 1 aliphatic heterocycles. The van der Waals surface area contributed by atoms with Crippen LogP contribution in [0.4, 0.5) is 0 Å². The number of rotatable bonds is 5. The Morgan fingerprint density at radius 2 is 2.19 bits per heavy atom. The van der Waals surface area contributed by atoms with E-state index in [1.54, 1.807) is 30.5 Å². The fourth-order valence-corrected chi connectivity index (χ4v) is 2.54. The predicted octanol–water partition coefficient (Wildman–Crippen LogP) is 1.64. The van der Waals surface area contributed by atoms with Gasteiger partial charge in [-0.1, -0.05) is 29.8 Å². The molecule has 1 fully saturated rings. The highest BCUT2D eigenvalue weighted by atomic mass is 35.5. The van der Waals surface area contributed by atoms with E-state index in [-0.39, 0.29) is 18.4 Å². The lowest BCUT2D eigenvalue weighted by molar-refractivity contribution is -0.486. The molecule has 27 heavy (non-hydrogen) atoms. The van der Waals surface area contributed by atoms with Crippen LogP contribution in [-0.4, -0.2) is 50.5 Å². The van der Waals surface area contributed by atoms with E-state index in [2.05, 4.69) is 20.5 Å². The van der Waals surface area contributed by atoms with Crippen LogP contribution in [-0.2, 0) is 6.54 Å². The van der Waals surface area contributed by atoms with Crippen molar-refractivity contribution in [2.45, 2.75) is 6.54 Å². The van der Waals surface area contributed by atoms with Crippen LogP contribution in [0, 0.1) is 10.1 Å². The van der Waals surface area contributed by atoms with Crippen molar-refractivity contribution in [3.8, 4) is 5.75 Å². The van der Waals surface area contributed by atoms with Gasteiger partial charge in [-0.3, -0.25) is 4.90 Å². The number of hydrazone groups is 2. The van der Waals surface area contributed by atoms with Crippen LogP contribution in [0.3, 0.4) is 0 Å². The van der Waals surface area contributed by atoms with E-state index in [0.29, 0.717) is 23.9 Å². The highest BCUT2D eigenvalue weighted by Gasteiger charge is 2.24. The minimum absolute atomic E-state index is 0.0113. The van der Waals surface area contributed by atoms with Gasteiger partial charge >= 0.3 is 0 Å². The van der Waals surface area contributed by atoms with Crippen molar-refractivity contribution in [3.63, 3.8) is 0 Å². The first kappa shape index (κ1) is 18.5. The van der Waals surface area contributed by atoms with Crippen LogP contribution < -0.4 is 5.32 Å². The highest BCUT2D eigenvalue weighted by molar-refractivity contribution is 6.29. The zero-order valence-corrected chi connectivity index (χ0v) is 14.8. The predicted molar refractivity (Wildman–Crippen MR) is 99.6 cm³/mol. The number of nitrogens with one attached hydrogen (secondary N) is 1. The Morgan fingerprint density at radius 1 is 1.37 bits per heavy atom. The number of para-hydroxylation sites is 1. The molecule has 1 saturated heterocycles. The monoisotopic (exact) mass is 389 g/mol. The van der Waals surface area contributed by atoms with E-state index < -0.39 is 5.03 Å². The quantitative estimate of drug-likeness (QED) is 0.345. The molecule has 140 valence electrons. The second-order valence-corrected chi connectivity index (χ2v) is 6.05. The van der Waals surface area contributed by atoms with E-state index in [4.69, 9.17) is 11.6 Å². The number of guanidine groups is 1. The molecule has 10 nitrogen and oxygen atoms in total. The number of phenols is 1. The van der Waals surface area contributed by atoms with Crippen LogP contribution in [0.2, 0.25) is 5.15 Å². The van der Waals surface area contributed by atoms with Crippen molar-refractivity contribution in [3.05, 3.63) is 69.0 Å². The van der Waals surface area contributed by atoms with Gasteiger partial charge in [-0.05, 0) is 23.8 Å². The number of nitrogens with zero attached hydrogens (tertiary/aromatic N) is 6. The van der Waals surface area contributed by atoms with Gasteiger partial charge in [0.2, 0.25) is 0 Å². The second-order valence-electron chi connectivity index (χ2n) is 5.66. The van der Waals surface area contributed by atoms with Crippen molar-refractivity contribution >= 4 is 23.8 Å². The summed E-state index contributed by atoms with van der Waals surface area (Å²) in [6, 6.07) is 10.2. The zero-order chi connectivity index (χ0) is 19.2. The van der Waals surface area contributed by atoms with Crippen LogP contribution in [0.5, 0.6) is 5.75 Å². The Morgan fingerprint density at radius 3 is 2.89 bits per heavy atom. The number of phenolic OH excluding ortho intramolecular Hbond substituents is 1. The summed E-state index contributed by atoms with van der Waals surface area (Å²) in [6.07, 6.45) is 3.08. The summed E-state index contributed by atoms with van der Waals surface area (Å²) in [7, 11) is 0. The summed E-state index contributed by atoms with van der Waals surface area (Å²) < 4.78 is 0. The van der Waals surface area contributed by atoms with Crippen molar-refractivity contribution in [2.75, 3.05) is 13.3 Å². The summed E-state index contributed by atoms with van der Waals surface area (Å²) in [4.78, 5) is 16.8. The number of aromatic nitrogens is 1. The molecule has 0 saturated carbocycles. The normalized spacial score (nSPS) is 16.6. The first-order chi connectivity index (χ1) is 13.0. The van der Waals surface area contributed by atoms with Gasteiger partial charge in [-0.25, -0.2) is 20.1 Å². The third-order valence-corrected chi connectivity index (χ3v) is 3.91. The molecule has 2 heterocycles. The van der Waals surface area contributed by atoms with Gasteiger partial charge in [-0.2, -0.15) is 5.10 Å². The Balaban J connectivity index is 1.76.